The highest BCUT2D eigenvalue weighted by molar-refractivity contribution is 7.80. The number of hydrogen-bond donors (Lipinski definition) is 2. The number of hydrogen-bond acceptors (Lipinski definition) is 3. The maximum atomic E-state index is 4.98. The fraction of sp³-hybridized carbons (Fsp3) is 0.889. The van der Waals surface area contributed by atoms with Gasteiger partial charge in [0.2, 0.25) is 0 Å². The molecule has 4 nitrogen and oxygen atoms in total. The Balaban J connectivity index is 2.15. The van der Waals surface area contributed by atoms with Crippen LogP contribution < -0.4 is 10.6 Å². The fourth-order valence-corrected chi connectivity index (χ4v) is 1.60. The van der Waals surface area contributed by atoms with Gasteiger partial charge in [0.15, 0.2) is 5.11 Å². The first-order valence-corrected chi connectivity index (χ1v) is 5.63. The van der Waals surface area contributed by atoms with E-state index in [-0.39, 0.29) is 0 Å². The van der Waals surface area contributed by atoms with E-state index in [1.807, 2.05) is 0 Å². The van der Waals surface area contributed by atoms with Crippen molar-refractivity contribution in [3.8, 4) is 0 Å². The average Bonchev–Trinajstić information content (AvgIpc) is 2.22. The molecule has 0 aromatic carbocycles. The molecule has 1 fully saturated rings. The van der Waals surface area contributed by atoms with Gasteiger partial charge in [-0.2, -0.15) is 0 Å². The van der Waals surface area contributed by atoms with Gasteiger partial charge in [0.1, 0.15) is 0 Å². The van der Waals surface area contributed by atoms with Crippen molar-refractivity contribution in [1.82, 2.24) is 20.4 Å². The zero-order valence-corrected chi connectivity index (χ0v) is 9.86. The summed E-state index contributed by atoms with van der Waals surface area (Å²) in [6.07, 6.45) is 0. The van der Waals surface area contributed by atoms with E-state index in [9.17, 15) is 0 Å². The first kappa shape index (κ1) is 11.7. The minimum atomic E-state index is 0.768. The van der Waals surface area contributed by atoms with Gasteiger partial charge in [-0.1, -0.05) is 13.8 Å². The van der Waals surface area contributed by atoms with Gasteiger partial charge in [0.25, 0.3) is 0 Å². The van der Waals surface area contributed by atoms with E-state index < -0.39 is 0 Å². The Hall–Kier alpha value is -0.390. The van der Waals surface area contributed by atoms with Gasteiger partial charge in [0, 0.05) is 13.1 Å². The van der Waals surface area contributed by atoms with E-state index in [2.05, 4.69) is 34.3 Å². The van der Waals surface area contributed by atoms with Crippen LogP contribution in [0.15, 0.2) is 0 Å². The van der Waals surface area contributed by atoms with Gasteiger partial charge in [0.05, 0.1) is 13.3 Å². The first-order valence-electron chi connectivity index (χ1n) is 5.22. The smallest absolute Gasteiger partial charge is 0.168 e. The van der Waals surface area contributed by atoms with Crippen LogP contribution in [-0.2, 0) is 0 Å². The van der Waals surface area contributed by atoms with E-state index in [1.54, 1.807) is 0 Å². The van der Waals surface area contributed by atoms with E-state index in [0.29, 0.717) is 0 Å². The number of nitrogens with one attached hydrogen (secondary N) is 2. The highest BCUT2D eigenvalue weighted by Crippen LogP contribution is 1.92. The molecule has 0 atom stereocenters. The summed E-state index contributed by atoms with van der Waals surface area (Å²) < 4.78 is 0. The zero-order chi connectivity index (χ0) is 10.4. The Morgan fingerprint density at radius 3 is 2.36 bits per heavy atom. The van der Waals surface area contributed by atoms with Crippen LogP contribution in [0.5, 0.6) is 0 Å². The highest BCUT2D eigenvalue weighted by Gasteiger charge is 2.11. The second-order valence-corrected chi connectivity index (χ2v) is 3.83. The predicted molar refractivity (Wildman–Crippen MR) is 63.1 cm³/mol. The Morgan fingerprint density at radius 1 is 1.29 bits per heavy atom. The lowest BCUT2D eigenvalue weighted by atomic mass is 10.4. The van der Waals surface area contributed by atoms with Gasteiger partial charge in [-0.05, 0) is 25.3 Å². The lowest BCUT2D eigenvalue weighted by molar-refractivity contribution is 0.197. The molecular weight excluding hydrogens is 196 g/mol. The van der Waals surface area contributed by atoms with Crippen molar-refractivity contribution in [2.24, 2.45) is 0 Å². The largest absolute Gasteiger partial charge is 0.350 e. The van der Waals surface area contributed by atoms with Crippen molar-refractivity contribution in [3.05, 3.63) is 0 Å². The van der Waals surface area contributed by atoms with Crippen LogP contribution in [0.1, 0.15) is 13.8 Å². The van der Waals surface area contributed by atoms with Crippen molar-refractivity contribution in [2.75, 3.05) is 39.5 Å². The molecule has 1 saturated heterocycles. The van der Waals surface area contributed by atoms with Crippen molar-refractivity contribution in [3.63, 3.8) is 0 Å². The molecule has 1 aliphatic heterocycles. The molecule has 0 unspecified atom stereocenters. The zero-order valence-electron chi connectivity index (χ0n) is 9.05. The lowest BCUT2D eigenvalue weighted by Crippen LogP contribution is -2.55. The Kier molecular flexibility index (Phi) is 5.14. The number of likely N-dealkylation sites (N-methyl/N-ethyl adjacent to an activating group) is 1. The predicted octanol–water partition coefficient (Wildman–Crippen LogP) is 0.0229. The summed E-state index contributed by atoms with van der Waals surface area (Å²) in [5.74, 6) is 0. The van der Waals surface area contributed by atoms with Crippen LogP contribution in [0.4, 0.5) is 0 Å². The first-order chi connectivity index (χ1) is 6.76. The van der Waals surface area contributed by atoms with Crippen molar-refractivity contribution >= 4 is 17.3 Å². The van der Waals surface area contributed by atoms with Gasteiger partial charge >= 0.3 is 0 Å². The minimum Gasteiger partial charge on any atom is -0.350 e. The van der Waals surface area contributed by atoms with Gasteiger partial charge in [-0.15, -0.1) is 0 Å². The Bertz CT molecular complexity index is 172. The second kappa shape index (κ2) is 6.16. The monoisotopic (exact) mass is 216 g/mol. The molecule has 0 amide bonds. The summed E-state index contributed by atoms with van der Waals surface area (Å²) in [5.41, 5.74) is 0. The third kappa shape index (κ3) is 3.77. The molecule has 0 aromatic heterocycles. The van der Waals surface area contributed by atoms with Crippen LogP contribution >= 0.6 is 12.2 Å². The molecule has 0 radical (unpaired) electrons. The van der Waals surface area contributed by atoms with Crippen molar-refractivity contribution in [2.45, 2.75) is 13.8 Å². The van der Waals surface area contributed by atoms with E-state index in [1.165, 1.54) is 0 Å². The number of rotatable bonds is 5. The van der Waals surface area contributed by atoms with Crippen LogP contribution in [0.2, 0.25) is 0 Å². The van der Waals surface area contributed by atoms with Gasteiger partial charge < -0.3 is 15.5 Å². The molecule has 1 rings (SSSR count). The Labute approximate surface area is 91.6 Å². The quantitative estimate of drug-likeness (QED) is 0.633. The SMILES string of the molecule is CCN(CC)CCN1CNC(=S)NC1. The molecule has 0 saturated carbocycles. The summed E-state index contributed by atoms with van der Waals surface area (Å²) in [6, 6.07) is 0. The topological polar surface area (TPSA) is 30.5 Å². The normalized spacial score (nSPS) is 18.1. The summed E-state index contributed by atoms with van der Waals surface area (Å²) in [6.45, 7) is 10.6. The molecular formula is C9H20N4S. The standard InChI is InChI=1S/C9H20N4S/c1-3-12(4-2)5-6-13-7-10-9(14)11-8-13/h3-8H2,1-2H3,(H2,10,11,14). The number of nitrogens with zero attached hydrogens (tertiary/aromatic N) is 2. The molecule has 0 bridgehead atoms. The molecule has 0 aromatic rings. The molecule has 1 aliphatic rings. The molecule has 1 heterocycles. The molecule has 0 aliphatic carbocycles. The lowest BCUT2D eigenvalue weighted by Gasteiger charge is -2.31. The maximum absolute atomic E-state index is 4.98. The summed E-state index contributed by atoms with van der Waals surface area (Å²) in [4.78, 5) is 4.74. The van der Waals surface area contributed by atoms with Crippen LogP contribution in [0.3, 0.4) is 0 Å². The summed E-state index contributed by atoms with van der Waals surface area (Å²) >= 11 is 4.98. The second-order valence-electron chi connectivity index (χ2n) is 3.42. The molecule has 82 valence electrons. The van der Waals surface area contributed by atoms with Crippen molar-refractivity contribution < 1.29 is 0 Å². The molecule has 0 spiro atoms. The average molecular weight is 216 g/mol. The van der Waals surface area contributed by atoms with Crippen LogP contribution in [-0.4, -0.2) is 54.4 Å². The third-order valence-corrected chi connectivity index (χ3v) is 2.84. The summed E-state index contributed by atoms with van der Waals surface area (Å²) in [5, 5.41) is 7.01. The maximum Gasteiger partial charge on any atom is 0.168 e. The molecule has 2 N–H and O–H groups in total. The summed E-state index contributed by atoms with van der Waals surface area (Å²) in [7, 11) is 0. The van der Waals surface area contributed by atoms with Gasteiger partial charge in [-0.3, -0.25) is 4.90 Å². The van der Waals surface area contributed by atoms with E-state index in [0.717, 1.165) is 44.6 Å². The minimum absolute atomic E-state index is 0.768. The van der Waals surface area contributed by atoms with Crippen molar-refractivity contribution in [1.29, 1.82) is 0 Å². The van der Waals surface area contributed by atoms with E-state index >= 15 is 0 Å². The number of thiocarbonyl (C=S) groups is 1. The van der Waals surface area contributed by atoms with E-state index in [4.69, 9.17) is 12.2 Å². The van der Waals surface area contributed by atoms with Gasteiger partial charge in [-0.25, -0.2) is 0 Å². The third-order valence-electron chi connectivity index (χ3n) is 2.55. The molecule has 14 heavy (non-hydrogen) atoms. The fourth-order valence-electron chi connectivity index (χ4n) is 1.47. The van der Waals surface area contributed by atoms with Crippen LogP contribution in [0, 0.1) is 0 Å². The highest BCUT2D eigenvalue weighted by atomic mass is 32.1. The molecule has 5 heteroatoms. The van der Waals surface area contributed by atoms with Crippen LogP contribution in [0.25, 0.3) is 0 Å². The Morgan fingerprint density at radius 2 is 1.86 bits per heavy atom.